The fraction of sp³-hybridized carbons (Fsp3) is 0.583. The van der Waals surface area contributed by atoms with E-state index in [9.17, 15) is 4.79 Å². The summed E-state index contributed by atoms with van der Waals surface area (Å²) >= 11 is 0. The van der Waals surface area contributed by atoms with Crippen LogP contribution in [0.1, 0.15) is 82.8 Å². The van der Waals surface area contributed by atoms with E-state index in [1.807, 2.05) is 17.7 Å². The summed E-state index contributed by atoms with van der Waals surface area (Å²) in [5.41, 5.74) is 2.63. The van der Waals surface area contributed by atoms with Crippen molar-refractivity contribution in [2.45, 2.75) is 90.9 Å². The van der Waals surface area contributed by atoms with Gasteiger partial charge in [-0.25, -0.2) is 4.68 Å². The van der Waals surface area contributed by atoms with Crippen LogP contribution in [-0.2, 0) is 12.1 Å². The zero-order valence-corrected chi connectivity index (χ0v) is 19.4. The van der Waals surface area contributed by atoms with Crippen molar-refractivity contribution in [3.63, 3.8) is 0 Å². The normalized spacial score (nSPS) is 16.5. The Hall–Kier alpha value is -2.54. The van der Waals surface area contributed by atoms with Crippen molar-refractivity contribution in [3.05, 3.63) is 51.6 Å². The Kier molecular flexibility index (Phi) is 5.97. The number of hydrogen-bond donors (Lipinski definition) is 1. The molecule has 1 fully saturated rings. The third-order valence-corrected chi connectivity index (χ3v) is 6.44. The molecular formula is C24H34N6O. The summed E-state index contributed by atoms with van der Waals surface area (Å²) in [4.78, 5) is 18.6. The molecule has 1 aliphatic rings. The second-order valence-electron chi connectivity index (χ2n) is 9.87. The molecule has 3 aromatic rings. The average molecular weight is 423 g/mol. The number of fused-ring (bicyclic) bond motifs is 1. The van der Waals surface area contributed by atoms with Gasteiger partial charge in [0.25, 0.3) is 5.56 Å². The molecule has 4 rings (SSSR count). The first-order valence-corrected chi connectivity index (χ1v) is 11.4. The van der Waals surface area contributed by atoms with E-state index in [1.165, 1.54) is 12.8 Å². The van der Waals surface area contributed by atoms with Crippen molar-refractivity contribution in [2.75, 3.05) is 0 Å². The fourth-order valence-electron chi connectivity index (χ4n) is 4.85. The maximum atomic E-state index is 13.0. The third kappa shape index (κ3) is 4.42. The van der Waals surface area contributed by atoms with E-state index in [-0.39, 0.29) is 17.1 Å². The summed E-state index contributed by atoms with van der Waals surface area (Å²) in [5.74, 6) is 0.884. The number of aromatic nitrogens is 5. The van der Waals surface area contributed by atoms with Crippen LogP contribution in [0.15, 0.2) is 29.1 Å². The third-order valence-electron chi connectivity index (χ3n) is 6.44. The molecule has 0 saturated heterocycles. The highest BCUT2D eigenvalue weighted by atomic mass is 16.1. The first kappa shape index (κ1) is 21.7. The van der Waals surface area contributed by atoms with Crippen molar-refractivity contribution in [3.8, 4) is 0 Å². The minimum absolute atomic E-state index is 0.00800. The van der Waals surface area contributed by atoms with Crippen LogP contribution < -0.4 is 5.56 Å². The van der Waals surface area contributed by atoms with Gasteiger partial charge in [0.15, 0.2) is 5.82 Å². The van der Waals surface area contributed by atoms with Crippen LogP contribution in [0.5, 0.6) is 0 Å². The lowest BCUT2D eigenvalue weighted by molar-refractivity contribution is 0.108. The molecule has 0 spiro atoms. The van der Waals surface area contributed by atoms with Crippen molar-refractivity contribution in [1.29, 1.82) is 0 Å². The Morgan fingerprint density at radius 2 is 1.97 bits per heavy atom. The number of pyridine rings is 1. The van der Waals surface area contributed by atoms with Crippen LogP contribution in [0.25, 0.3) is 10.9 Å². The van der Waals surface area contributed by atoms with Gasteiger partial charge < -0.3 is 4.98 Å². The number of rotatable bonds is 6. The quantitative estimate of drug-likeness (QED) is 0.634. The molecule has 31 heavy (non-hydrogen) atoms. The molecule has 0 amide bonds. The average Bonchev–Trinajstić information content (AvgIpc) is 3.40. The first-order valence-electron chi connectivity index (χ1n) is 11.4. The Bertz CT molecular complexity index is 1100. The second kappa shape index (κ2) is 8.54. The Labute approximate surface area is 183 Å². The number of tetrazole rings is 1. The summed E-state index contributed by atoms with van der Waals surface area (Å²) in [6, 6.07) is 8.75. The zero-order valence-electron chi connectivity index (χ0n) is 19.4. The maximum absolute atomic E-state index is 13.0. The van der Waals surface area contributed by atoms with Crippen molar-refractivity contribution in [2.24, 2.45) is 0 Å². The number of aryl methyl sites for hydroxylation is 1. The fourth-order valence-corrected chi connectivity index (χ4v) is 4.85. The molecule has 0 aliphatic heterocycles. The van der Waals surface area contributed by atoms with Crippen molar-refractivity contribution in [1.82, 2.24) is 30.1 Å². The highest BCUT2D eigenvalue weighted by Gasteiger charge is 2.34. The largest absolute Gasteiger partial charge is 0.322 e. The van der Waals surface area contributed by atoms with Gasteiger partial charge in [0.2, 0.25) is 0 Å². The van der Waals surface area contributed by atoms with Crippen LogP contribution >= 0.6 is 0 Å². The topological polar surface area (TPSA) is 79.7 Å². The summed E-state index contributed by atoms with van der Waals surface area (Å²) in [7, 11) is 0. The van der Waals surface area contributed by atoms with Crippen molar-refractivity contribution >= 4 is 10.9 Å². The van der Waals surface area contributed by atoms with Gasteiger partial charge in [-0.15, -0.1) is 5.10 Å². The number of H-pyrrole nitrogens is 1. The van der Waals surface area contributed by atoms with Crippen LogP contribution in [0, 0.1) is 6.92 Å². The van der Waals surface area contributed by atoms with Gasteiger partial charge in [-0.2, -0.15) is 0 Å². The van der Waals surface area contributed by atoms with E-state index in [0.29, 0.717) is 12.6 Å². The summed E-state index contributed by atoms with van der Waals surface area (Å²) < 4.78 is 1.94. The van der Waals surface area contributed by atoms with Crippen LogP contribution in [0.4, 0.5) is 0 Å². The van der Waals surface area contributed by atoms with E-state index in [0.717, 1.165) is 47.1 Å². The lowest BCUT2D eigenvalue weighted by Crippen LogP contribution is -2.40. The summed E-state index contributed by atoms with van der Waals surface area (Å²) in [6.45, 7) is 11.2. The predicted molar refractivity (Wildman–Crippen MR) is 123 cm³/mol. The van der Waals surface area contributed by atoms with E-state index >= 15 is 0 Å². The number of aromatic amines is 1. The number of benzene rings is 1. The van der Waals surface area contributed by atoms with Gasteiger partial charge in [0.1, 0.15) is 0 Å². The molecule has 1 aromatic carbocycles. The van der Waals surface area contributed by atoms with Gasteiger partial charge in [-0.05, 0) is 80.5 Å². The molecule has 0 bridgehead atoms. The first-order chi connectivity index (χ1) is 14.8. The van der Waals surface area contributed by atoms with E-state index in [4.69, 9.17) is 0 Å². The van der Waals surface area contributed by atoms with Crippen molar-refractivity contribution < 1.29 is 0 Å². The molecule has 1 atom stereocenters. The van der Waals surface area contributed by atoms with E-state index in [1.54, 1.807) is 0 Å². The standard InChI is InChI=1S/C24H34N6O/c1-6-21(22-26-27-28-30(22)24(3,4)5)29(19-9-7-8-10-19)15-18-14-17-12-11-16(2)13-20(17)25-23(18)31/h11-14,19,21H,6-10,15H2,1-5H3,(H,25,31)/t21-/m0/s1. The van der Waals surface area contributed by atoms with E-state index < -0.39 is 0 Å². The monoisotopic (exact) mass is 422 g/mol. The molecule has 1 saturated carbocycles. The van der Waals surface area contributed by atoms with Crippen LogP contribution in [0.2, 0.25) is 0 Å². The summed E-state index contributed by atoms with van der Waals surface area (Å²) in [6.07, 6.45) is 5.65. The molecule has 0 radical (unpaired) electrons. The molecule has 7 nitrogen and oxygen atoms in total. The lowest BCUT2D eigenvalue weighted by Gasteiger charge is -2.36. The lowest BCUT2D eigenvalue weighted by atomic mass is 10.0. The SMILES string of the molecule is CC[C@@H](c1nnnn1C(C)(C)C)N(Cc1cc2ccc(C)cc2[nH]c1=O)C1CCCC1. The number of nitrogens with zero attached hydrogens (tertiary/aromatic N) is 5. The number of hydrogen-bond acceptors (Lipinski definition) is 5. The number of nitrogens with one attached hydrogen (secondary N) is 1. The highest BCUT2D eigenvalue weighted by Crippen LogP contribution is 2.34. The van der Waals surface area contributed by atoms with E-state index in [2.05, 4.69) is 71.3 Å². The Morgan fingerprint density at radius 1 is 1.23 bits per heavy atom. The van der Waals surface area contributed by atoms with Crippen LogP contribution in [-0.4, -0.2) is 36.1 Å². The minimum atomic E-state index is -0.202. The van der Waals surface area contributed by atoms with Gasteiger partial charge in [-0.1, -0.05) is 31.9 Å². The zero-order chi connectivity index (χ0) is 22.2. The summed E-state index contributed by atoms with van der Waals surface area (Å²) in [5, 5.41) is 13.8. The van der Waals surface area contributed by atoms with Crippen LogP contribution in [0.3, 0.4) is 0 Å². The Morgan fingerprint density at radius 3 is 2.65 bits per heavy atom. The molecular weight excluding hydrogens is 388 g/mol. The second-order valence-corrected chi connectivity index (χ2v) is 9.87. The molecule has 2 aromatic heterocycles. The molecule has 7 heteroatoms. The molecule has 166 valence electrons. The molecule has 2 heterocycles. The predicted octanol–water partition coefficient (Wildman–Crippen LogP) is 4.47. The molecule has 1 N–H and O–H groups in total. The maximum Gasteiger partial charge on any atom is 0.252 e. The minimum Gasteiger partial charge on any atom is -0.322 e. The molecule has 0 unspecified atom stereocenters. The van der Waals surface area contributed by atoms with Gasteiger partial charge >= 0.3 is 0 Å². The van der Waals surface area contributed by atoms with Gasteiger partial charge in [0, 0.05) is 23.7 Å². The van der Waals surface area contributed by atoms with Gasteiger partial charge in [0.05, 0.1) is 11.6 Å². The molecule has 1 aliphatic carbocycles. The smallest absolute Gasteiger partial charge is 0.252 e. The highest BCUT2D eigenvalue weighted by molar-refractivity contribution is 5.79. The Balaban J connectivity index is 1.75. The van der Waals surface area contributed by atoms with Gasteiger partial charge in [-0.3, -0.25) is 9.69 Å².